The van der Waals surface area contributed by atoms with Gasteiger partial charge in [0.05, 0.1) is 0 Å². The van der Waals surface area contributed by atoms with E-state index in [4.69, 9.17) is 0 Å². The molecule has 1 heterocycles. The third-order valence-corrected chi connectivity index (χ3v) is 5.11. The average molecular weight is 357 g/mol. The number of hydrogen-bond acceptors (Lipinski definition) is 2. The second-order valence-electron chi connectivity index (χ2n) is 7.06. The van der Waals surface area contributed by atoms with Crippen LogP contribution in [0.2, 0.25) is 0 Å². The third-order valence-electron chi connectivity index (χ3n) is 4.38. The van der Waals surface area contributed by atoms with Crippen LogP contribution in [-0.4, -0.2) is 30.1 Å². The van der Waals surface area contributed by atoms with Crippen molar-refractivity contribution in [1.82, 2.24) is 10.2 Å². The SMILES string of the molecule is CCC1CN(Cc2ccc(F)cc2Br)C(C(C)(C)C)CN1. The van der Waals surface area contributed by atoms with Crippen LogP contribution >= 0.6 is 15.9 Å². The first-order valence-corrected chi connectivity index (χ1v) is 8.52. The normalized spacial score (nSPS) is 24.3. The van der Waals surface area contributed by atoms with Crippen molar-refractivity contribution in [1.29, 1.82) is 0 Å². The Hall–Kier alpha value is -0.450. The Bertz CT molecular complexity index is 484. The summed E-state index contributed by atoms with van der Waals surface area (Å²) in [5.74, 6) is -0.190. The highest BCUT2D eigenvalue weighted by Gasteiger charge is 2.35. The highest BCUT2D eigenvalue weighted by Crippen LogP contribution is 2.29. The summed E-state index contributed by atoms with van der Waals surface area (Å²) >= 11 is 3.49. The van der Waals surface area contributed by atoms with Crippen LogP contribution in [0.5, 0.6) is 0 Å². The van der Waals surface area contributed by atoms with Gasteiger partial charge in [-0.05, 0) is 29.5 Å². The van der Waals surface area contributed by atoms with Gasteiger partial charge < -0.3 is 5.32 Å². The lowest BCUT2D eigenvalue weighted by atomic mass is 9.83. The number of piperazine rings is 1. The average Bonchev–Trinajstić information content (AvgIpc) is 2.40. The smallest absolute Gasteiger partial charge is 0.124 e. The molecule has 21 heavy (non-hydrogen) atoms. The zero-order valence-corrected chi connectivity index (χ0v) is 15.0. The molecule has 0 aromatic heterocycles. The van der Waals surface area contributed by atoms with Gasteiger partial charge in [-0.15, -0.1) is 0 Å². The highest BCUT2D eigenvalue weighted by atomic mass is 79.9. The van der Waals surface area contributed by atoms with Gasteiger partial charge in [-0.2, -0.15) is 0 Å². The fraction of sp³-hybridized carbons (Fsp3) is 0.647. The van der Waals surface area contributed by atoms with E-state index in [0.717, 1.165) is 36.1 Å². The Morgan fingerprint density at radius 3 is 2.67 bits per heavy atom. The van der Waals surface area contributed by atoms with E-state index in [2.05, 4.69) is 53.8 Å². The summed E-state index contributed by atoms with van der Waals surface area (Å²) in [7, 11) is 0. The standard InChI is InChI=1S/C17H26BrFN2/c1-5-14-11-21(16(9-20-14)17(2,3)4)10-12-6-7-13(19)8-15(12)18/h6-8,14,16,20H,5,9-11H2,1-4H3. The van der Waals surface area contributed by atoms with Crippen molar-refractivity contribution in [3.05, 3.63) is 34.1 Å². The van der Waals surface area contributed by atoms with E-state index in [1.165, 1.54) is 0 Å². The van der Waals surface area contributed by atoms with E-state index in [1.54, 1.807) is 12.1 Å². The largest absolute Gasteiger partial charge is 0.311 e. The summed E-state index contributed by atoms with van der Waals surface area (Å²) in [4.78, 5) is 2.54. The molecule has 0 spiro atoms. The third kappa shape index (κ3) is 4.27. The van der Waals surface area contributed by atoms with Crippen molar-refractivity contribution in [3.63, 3.8) is 0 Å². The van der Waals surface area contributed by atoms with Gasteiger partial charge in [-0.25, -0.2) is 4.39 Å². The van der Waals surface area contributed by atoms with Gasteiger partial charge >= 0.3 is 0 Å². The number of nitrogens with one attached hydrogen (secondary N) is 1. The molecule has 1 aliphatic rings. The maximum atomic E-state index is 13.3. The Kier molecular flexibility index (Phi) is 5.44. The van der Waals surface area contributed by atoms with Crippen molar-refractivity contribution in [3.8, 4) is 0 Å². The molecule has 1 fully saturated rings. The van der Waals surface area contributed by atoms with Crippen molar-refractivity contribution in [2.45, 2.75) is 52.7 Å². The van der Waals surface area contributed by atoms with E-state index in [1.807, 2.05) is 6.07 Å². The highest BCUT2D eigenvalue weighted by molar-refractivity contribution is 9.10. The zero-order chi connectivity index (χ0) is 15.6. The van der Waals surface area contributed by atoms with Crippen molar-refractivity contribution in [2.24, 2.45) is 5.41 Å². The van der Waals surface area contributed by atoms with Crippen LogP contribution in [0.1, 0.15) is 39.7 Å². The van der Waals surface area contributed by atoms with Crippen LogP contribution in [0.25, 0.3) is 0 Å². The van der Waals surface area contributed by atoms with Gasteiger partial charge in [-0.1, -0.05) is 49.7 Å². The van der Waals surface area contributed by atoms with Crippen LogP contribution in [0.15, 0.2) is 22.7 Å². The van der Waals surface area contributed by atoms with Gasteiger partial charge in [-0.3, -0.25) is 4.90 Å². The van der Waals surface area contributed by atoms with E-state index < -0.39 is 0 Å². The van der Waals surface area contributed by atoms with E-state index in [0.29, 0.717) is 12.1 Å². The summed E-state index contributed by atoms with van der Waals surface area (Å²) in [5, 5.41) is 3.65. The van der Waals surface area contributed by atoms with Crippen molar-refractivity contribution >= 4 is 15.9 Å². The molecule has 1 aliphatic heterocycles. The second-order valence-corrected chi connectivity index (χ2v) is 7.91. The van der Waals surface area contributed by atoms with E-state index in [-0.39, 0.29) is 11.2 Å². The molecule has 4 heteroatoms. The first-order valence-electron chi connectivity index (χ1n) is 7.72. The molecular weight excluding hydrogens is 331 g/mol. The van der Waals surface area contributed by atoms with Crippen LogP contribution in [0.3, 0.4) is 0 Å². The lowest BCUT2D eigenvalue weighted by molar-refractivity contribution is 0.0483. The number of rotatable bonds is 3. The Labute approximate surface area is 136 Å². The molecule has 0 amide bonds. The topological polar surface area (TPSA) is 15.3 Å². The molecule has 1 aromatic carbocycles. The van der Waals surface area contributed by atoms with Gasteiger partial charge in [0.25, 0.3) is 0 Å². The Balaban J connectivity index is 2.19. The second kappa shape index (κ2) is 6.76. The lowest BCUT2D eigenvalue weighted by Crippen LogP contribution is -2.59. The van der Waals surface area contributed by atoms with Crippen molar-refractivity contribution < 1.29 is 4.39 Å². The summed E-state index contributed by atoms with van der Waals surface area (Å²) in [6, 6.07) is 6.02. The maximum Gasteiger partial charge on any atom is 0.124 e. The number of hydrogen-bond donors (Lipinski definition) is 1. The van der Waals surface area contributed by atoms with Crippen LogP contribution in [0.4, 0.5) is 4.39 Å². The molecule has 2 unspecified atom stereocenters. The predicted octanol–water partition coefficient (Wildman–Crippen LogP) is 4.19. The first kappa shape index (κ1) is 16.9. The van der Waals surface area contributed by atoms with E-state index in [9.17, 15) is 4.39 Å². The Morgan fingerprint density at radius 2 is 2.10 bits per heavy atom. The first-order chi connectivity index (χ1) is 9.81. The van der Waals surface area contributed by atoms with Gasteiger partial charge in [0.2, 0.25) is 0 Å². The summed E-state index contributed by atoms with van der Waals surface area (Å²) in [6.07, 6.45) is 1.14. The lowest BCUT2D eigenvalue weighted by Gasteiger charge is -2.46. The fourth-order valence-electron chi connectivity index (χ4n) is 3.05. The molecule has 0 aliphatic carbocycles. The van der Waals surface area contributed by atoms with Gasteiger partial charge in [0.1, 0.15) is 5.82 Å². The molecule has 2 nitrogen and oxygen atoms in total. The van der Waals surface area contributed by atoms with Crippen molar-refractivity contribution in [2.75, 3.05) is 13.1 Å². The minimum absolute atomic E-state index is 0.190. The molecule has 1 N–H and O–H groups in total. The van der Waals surface area contributed by atoms with Gasteiger partial charge in [0, 0.05) is 36.2 Å². The summed E-state index contributed by atoms with van der Waals surface area (Å²) in [5.41, 5.74) is 1.38. The summed E-state index contributed by atoms with van der Waals surface area (Å²) in [6.45, 7) is 12.0. The molecule has 0 saturated carbocycles. The summed E-state index contributed by atoms with van der Waals surface area (Å²) < 4.78 is 14.1. The molecule has 118 valence electrons. The number of benzene rings is 1. The molecule has 1 aromatic rings. The minimum atomic E-state index is -0.190. The Morgan fingerprint density at radius 1 is 1.38 bits per heavy atom. The molecule has 0 bridgehead atoms. The minimum Gasteiger partial charge on any atom is -0.311 e. The number of halogens is 2. The molecular formula is C17H26BrFN2. The van der Waals surface area contributed by atoms with Gasteiger partial charge in [0.15, 0.2) is 0 Å². The number of nitrogens with zero attached hydrogens (tertiary/aromatic N) is 1. The molecule has 1 saturated heterocycles. The fourth-order valence-corrected chi connectivity index (χ4v) is 3.53. The molecule has 2 atom stereocenters. The quantitative estimate of drug-likeness (QED) is 0.873. The molecule has 0 radical (unpaired) electrons. The molecule has 2 rings (SSSR count). The maximum absolute atomic E-state index is 13.3. The van der Waals surface area contributed by atoms with E-state index >= 15 is 0 Å². The predicted molar refractivity (Wildman–Crippen MR) is 89.8 cm³/mol. The van der Waals surface area contributed by atoms with Crippen LogP contribution in [-0.2, 0) is 6.54 Å². The van der Waals surface area contributed by atoms with Crippen LogP contribution < -0.4 is 5.32 Å². The monoisotopic (exact) mass is 356 g/mol. The zero-order valence-electron chi connectivity index (χ0n) is 13.4. The van der Waals surface area contributed by atoms with Crippen LogP contribution in [0, 0.1) is 11.2 Å².